The number of rotatable bonds is 5. The van der Waals surface area contributed by atoms with Gasteiger partial charge in [-0.3, -0.25) is 4.90 Å². The summed E-state index contributed by atoms with van der Waals surface area (Å²) < 4.78 is 22.5. The first kappa shape index (κ1) is 14.9. The van der Waals surface area contributed by atoms with Crippen LogP contribution in [-0.4, -0.2) is 50.5 Å². The zero-order valence-corrected chi connectivity index (χ0v) is 10.4. The lowest BCUT2D eigenvalue weighted by atomic mass is 10.2. The Kier molecular flexibility index (Phi) is 6.43. The van der Waals surface area contributed by atoms with Gasteiger partial charge in [-0.15, -0.1) is 19.0 Å². The Labute approximate surface area is 97.8 Å². The molecular formula is C9H19ClN2O2S. The van der Waals surface area contributed by atoms with Gasteiger partial charge >= 0.3 is 0 Å². The highest BCUT2D eigenvalue weighted by Gasteiger charge is 2.31. The van der Waals surface area contributed by atoms with Gasteiger partial charge in [-0.2, -0.15) is 0 Å². The summed E-state index contributed by atoms with van der Waals surface area (Å²) in [6, 6.07) is 0.140. The van der Waals surface area contributed by atoms with Crippen LogP contribution in [0, 0.1) is 0 Å². The van der Waals surface area contributed by atoms with Crippen LogP contribution in [0.25, 0.3) is 0 Å². The molecule has 2 N–H and O–H groups in total. The van der Waals surface area contributed by atoms with Crippen molar-refractivity contribution in [3.63, 3.8) is 0 Å². The molecule has 1 unspecified atom stereocenters. The Hall–Kier alpha value is -0.100. The van der Waals surface area contributed by atoms with Crippen molar-refractivity contribution in [1.29, 1.82) is 0 Å². The lowest BCUT2D eigenvalue weighted by Crippen LogP contribution is -2.39. The monoisotopic (exact) mass is 254 g/mol. The highest BCUT2D eigenvalue weighted by Crippen LogP contribution is 2.17. The van der Waals surface area contributed by atoms with Crippen molar-refractivity contribution in [3.05, 3.63) is 12.7 Å². The Bertz CT molecular complexity index is 292. The smallest absolute Gasteiger partial charge is 0.151 e. The summed E-state index contributed by atoms with van der Waals surface area (Å²) in [6.07, 6.45) is 2.52. The molecule has 0 radical (unpaired) electrons. The topological polar surface area (TPSA) is 63.4 Å². The van der Waals surface area contributed by atoms with E-state index in [0.717, 1.165) is 19.5 Å². The Morgan fingerprint density at radius 2 is 2.20 bits per heavy atom. The van der Waals surface area contributed by atoms with Crippen LogP contribution in [0.2, 0.25) is 0 Å². The average Bonchev–Trinajstić information content (AvgIpc) is 2.46. The van der Waals surface area contributed by atoms with E-state index in [1.165, 1.54) is 0 Å². The maximum atomic E-state index is 11.3. The summed E-state index contributed by atoms with van der Waals surface area (Å²) in [7, 11) is -2.79. The number of nitrogens with two attached hydrogens (primary N) is 1. The third kappa shape index (κ3) is 4.51. The minimum absolute atomic E-state index is 0. The van der Waals surface area contributed by atoms with Gasteiger partial charge in [-0.1, -0.05) is 6.08 Å². The summed E-state index contributed by atoms with van der Waals surface area (Å²) in [4.78, 5) is 2.09. The molecule has 0 aromatic rings. The van der Waals surface area contributed by atoms with Gasteiger partial charge in [0, 0.05) is 25.7 Å². The van der Waals surface area contributed by atoms with Crippen molar-refractivity contribution in [2.45, 2.75) is 12.5 Å². The van der Waals surface area contributed by atoms with Gasteiger partial charge in [0.2, 0.25) is 0 Å². The van der Waals surface area contributed by atoms with E-state index in [2.05, 4.69) is 11.5 Å². The van der Waals surface area contributed by atoms with Gasteiger partial charge in [-0.25, -0.2) is 8.42 Å². The molecule has 1 rings (SSSR count). The maximum Gasteiger partial charge on any atom is 0.151 e. The highest BCUT2D eigenvalue weighted by atomic mass is 35.5. The van der Waals surface area contributed by atoms with Gasteiger partial charge in [0.15, 0.2) is 9.84 Å². The Morgan fingerprint density at radius 1 is 1.53 bits per heavy atom. The largest absolute Gasteiger partial charge is 0.329 e. The molecule has 1 aliphatic heterocycles. The molecule has 0 bridgehead atoms. The molecule has 1 heterocycles. The van der Waals surface area contributed by atoms with Crippen LogP contribution in [0.4, 0.5) is 0 Å². The molecular weight excluding hydrogens is 236 g/mol. The maximum absolute atomic E-state index is 11.3. The predicted octanol–water partition coefficient (Wildman–Crippen LogP) is 0.0420. The molecule has 90 valence electrons. The first-order valence-electron chi connectivity index (χ1n) is 4.84. The molecule has 1 fully saturated rings. The van der Waals surface area contributed by atoms with Crippen molar-refractivity contribution in [2.24, 2.45) is 5.73 Å². The molecule has 1 saturated heterocycles. The fraction of sp³-hybridized carbons (Fsp3) is 0.778. The number of hydrogen-bond acceptors (Lipinski definition) is 4. The van der Waals surface area contributed by atoms with Crippen LogP contribution in [0.3, 0.4) is 0 Å². The summed E-state index contributed by atoms with van der Waals surface area (Å²) in [5.74, 6) is 0.594. The summed E-state index contributed by atoms with van der Waals surface area (Å²) in [6.45, 7) is 5.68. The number of halogens is 1. The third-order valence-corrected chi connectivity index (χ3v) is 4.26. The fourth-order valence-corrected chi connectivity index (χ4v) is 3.58. The molecule has 0 saturated carbocycles. The van der Waals surface area contributed by atoms with E-state index in [1.54, 1.807) is 6.08 Å². The van der Waals surface area contributed by atoms with E-state index < -0.39 is 9.84 Å². The lowest BCUT2D eigenvalue weighted by molar-refractivity contribution is 0.242. The zero-order valence-electron chi connectivity index (χ0n) is 8.76. The molecule has 6 heteroatoms. The fourth-order valence-electron chi connectivity index (χ4n) is 1.82. The van der Waals surface area contributed by atoms with Crippen LogP contribution in [-0.2, 0) is 9.84 Å². The Morgan fingerprint density at radius 3 is 2.60 bits per heavy atom. The number of nitrogens with zero attached hydrogens (tertiary/aromatic N) is 1. The third-order valence-electron chi connectivity index (χ3n) is 2.50. The second-order valence-corrected chi connectivity index (χ2v) is 5.86. The Balaban J connectivity index is 0.00000196. The van der Waals surface area contributed by atoms with Crippen LogP contribution >= 0.6 is 12.4 Å². The van der Waals surface area contributed by atoms with Crippen molar-refractivity contribution in [3.8, 4) is 0 Å². The van der Waals surface area contributed by atoms with Crippen molar-refractivity contribution in [2.75, 3.05) is 31.1 Å². The molecule has 0 aromatic heterocycles. The summed E-state index contributed by atoms with van der Waals surface area (Å²) in [5.41, 5.74) is 5.47. The standard InChI is InChI=1S/C9H18N2O2S.ClH/c1-2-5-11(6-4-10)9-3-7-14(12,13)8-9;/h2,9H,1,3-8,10H2;1H. The lowest BCUT2D eigenvalue weighted by Gasteiger charge is -2.25. The minimum Gasteiger partial charge on any atom is -0.329 e. The van der Waals surface area contributed by atoms with E-state index in [-0.39, 0.29) is 24.2 Å². The molecule has 1 atom stereocenters. The van der Waals surface area contributed by atoms with Gasteiger partial charge in [0.25, 0.3) is 0 Å². The second kappa shape index (κ2) is 6.48. The summed E-state index contributed by atoms with van der Waals surface area (Å²) in [5, 5.41) is 0. The predicted molar refractivity (Wildman–Crippen MR) is 65.1 cm³/mol. The van der Waals surface area contributed by atoms with Crippen LogP contribution in [0.15, 0.2) is 12.7 Å². The SMILES string of the molecule is C=CCN(CCN)C1CCS(=O)(=O)C1.Cl. The van der Waals surface area contributed by atoms with Gasteiger partial charge in [0.1, 0.15) is 0 Å². The minimum atomic E-state index is -2.79. The zero-order chi connectivity index (χ0) is 10.6. The highest BCUT2D eigenvalue weighted by molar-refractivity contribution is 7.91. The molecule has 4 nitrogen and oxygen atoms in total. The first-order chi connectivity index (χ1) is 6.59. The van der Waals surface area contributed by atoms with E-state index in [9.17, 15) is 8.42 Å². The van der Waals surface area contributed by atoms with Crippen molar-refractivity contribution < 1.29 is 8.42 Å². The molecule has 0 aromatic carbocycles. The quantitative estimate of drug-likeness (QED) is 0.704. The van der Waals surface area contributed by atoms with Gasteiger partial charge in [-0.05, 0) is 6.42 Å². The number of hydrogen-bond donors (Lipinski definition) is 1. The van der Waals surface area contributed by atoms with E-state index in [0.29, 0.717) is 12.3 Å². The molecule has 0 aliphatic carbocycles. The van der Waals surface area contributed by atoms with Gasteiger partial charge < -0.3 is 5.73 Å². The van der Waals surface area contributed by atoms with Crippen LogP contribution < -0.4 is 5.73 Å². The molecule has 0 spiro atoms. The molecule has 0 amide bonds. The van der Waals surface area contributed by atoms with E-state index in [4.69, 9.17) is 5.73 Å². The number of sulfone groups is 1. The normalized spacial score (nSPS) is 23.7. The second-order valence-electron chi connectivity index (χ2n) is 3.63. The average molecular weight is 255 g/mol. The van der Waals surface area contributed by atoms with Crippen molar-refractivity contribution in [1.82, 2.24) is 4.90 Å². The van der Waals surface area contributed by atoms with E-state index >= 15 is 0 Å². The molecule has 15 heavy (non-hydrogen) atoms. The van der Waals surface area contributed by atoms with Crippen LogP contribution in [0.1, 0.15) is 6.42 Å². The van der Waals surface area contributed by atoms with Gasteiger partial charge in [0.05, 0.1) is 11.5 Å². The molecule has 1 aliphatic rings. The van der Waals surface area contributed by atoms with Crippen LogP contribution in [0.5, 0.6) is 0 Å². The van der Waals surface area contributed by atoms with E-state index in [1.807, 2.05) is 0 Å². The van der Waals surface area contributed by atoms with Crippen molar-refractivity contribution >= 4 is 22.2 Å². The first-order valence-corrected chi connectivity index (χ1v) is 6.66. The summed E-state index contributed by atoms with van der Waals surface area (Å²) >= 11 is 0.